The van der Waals surface area contributed by atoms with Gasteiger partial charge in [0.2, 0.25) is 0 Å². The number of hydrogen-bond donors (Lipinski definition) is 2. The van der Waals surface area contributed by atoms with Crippen molar-refractivity contribution >= 4 is 17.4 Å². The molecule has 6 nitrogen and oxygen atoms in total. The number of hydrogen-bond acceptors (Lipinski definition) is 6. The molecule has 1 aliphatic rings. The van der Waals surface area contributed by atoms with Crippen LogP contribution in [0.2, 0.25) is 0 Å². The van der Waals surface area contributed by atoms with Crippen LogP contribution in [-0.4, -0.2) is 40.3 Å². The number of rotatable bonds is 5. The Hall–Kier alpha value is -1.44. The molecule has 2 atom stereocenters. The molecule has 0 aromatic carbocycles. The Morgan fingerprint density at radius 2 is 2.45 bits per heavy atom. The molecule has 1 amide bonds. The average molecular weight is 325 g/mol. The van der Waals surface area contributed by atoms with Gasteiger partial charge in [-0.3, -0.25) is 0 Å². The molecule has 1 aromatic rings. The fourth-order valence-corrected chi connectivity index (χ4v) is 3.66. The SMILES string of the molecule is C=CCOC(=O)N1CCCCC1C(N)c1nc(C)c(CO)s1. The molecule has 0 aliphatic carbocycles. The van der Waals surface area contributed by atoms with Crippen LogP contribution in [0.5, 0.6) is 0 Å². The number of aliphatic hydroxyl groups is 1. The molecule has 2 rings (SSSR count). The van der Waals surface area contributed by atoms with Crippen LogP contribution in [0.4, 0.5) is 4.79 Å². The molecule has 1 saturated heterocycles. The first-order chi connectivity index (χ1) is 10.6. The predicted octanol–water partition coefficient (Wildman–Crippen LogP) is 2.12. The van der Waals surface area contributed by atoms with E-state index in [4.69, 9.17) is 10.5 Å². The van der Waals surface area contributed by atoms with Gasteiger partial charge in [0.1, 0.15) is 11.6 Å². The summed E-state index contributed by atoms with van der Waals surface area (Å²) in [7, 11) is 0. The third-order valence-corrected chi connectivity index (χ3v) is 5.10. The zero-order valence-electron chi connectivity index (χ0n) is 12.8. The molecule has 0 radical (unpaired) electrons. The van der Waals surface area contributed by atoms with E-state index in [1.165, 1.54) is 11.3 Å². The van der Waals surface area contributed by atoms with E-state index < -0.39 is 0 Å². The van der Waals surface area contributed by atoms with Crippen molar-refractivity contribution in [2.45, 2.75) is 44.9 Å². The van der Waals surface area contributed by atoms with Crippen molar-refractivity contribution < 1.29 is 14.6 Å². The first kappa shape index (κ1) is 16.9. The normalized spacial score (nSPS) is 19.8. The largest absolute Gasteiger partial charge is 0.445 e. The molecule has 2 unspecified atom stereocenters. The van der Waals surface area contributed by atoms with Gasteiger partial charge in [-0.15, -0.1) is 11.3 Å². The number of nitrogens with zero attached hydrogens (tertiary/aromatic N) is 2. The highest BCUT2D eigenvalue weighted by molar-refractivity contribution is 7.11. The third-order valence-electron chi connectivity index (χ3n) is 3.86. The van der Waals surface area contributed by atoms with Crippen LogP contribution in [0.1, 0.15) is 40.9 Å². The summed E-state index contributed by atoms with van der Waals surface area (Å²) >= 11 is 1.41. The summed E-state index contributed by atoms with van der Waals surface area (Å²) in [4.78, 5) is 19.1. The van der Waals surface area contributed by atoms with Gasteiger partial charge in [-0.2, -0.15) is 0 Å². The number of likely N-dealkylation sites (tertiary alicyclic amines) is 1. The highest BCUT2D eigenvalue weighted by Crippen LogP contribution is 2.31. The lowest BCUT2D eigenvalue weighted by atomic mass is 9.97. The summed E-state index contributed by atoms with van der Waals surface area (Å²) < 4.78 is 5.15. The molecular formula is C15H23N3O3S. The van der Waals surface area contributed by atoms with Gasteiger partial charge in [0.05, 0.1) is 29.3 Å². The van der Waals surface area contributed by atoms with Crippen LogP contribution >= 0.6 is 11.3 Å². The number of piperidine rings is 1. The molecule has 1 aliphatic heterocycles. The zero-order valence-corrected chi connectivity index (χ0v) is 13.6. The minimum Gasteiger partial charge on any atom is -0.445 e. The molecule has 0 saturated carbocycles. The van der Waals surface area contributed by atoms with E-state index in [0.717, 1.165) is 34.8 Å². The van der Waals surface area contributed by atoms with Gasteiger partial charge in [0.15, 0.2) is 0 Å². The van der Waals surface area contributed by atoms with Crippen molar-refractivity contribution in [3.8, 4) is 0 Å². The van der Waals surface area contributed by atoms with Gasteiger partial charge in [0.25, 0.3) is 0 Å². The molecular weight excluding hydrogens is 302 g/mol. The standard InChI is InChI=1S/C15H23N3O3S/c1-3-8-21-15(20)18-7-5-4-6-11(18)13(16)14-17-10(2)12(9-19)22-14/h3,11,13,19H,1,4-9,16H2,2H3. The number of carbonyl (C=O) groups excluding carboxylic acids is 1. The van der Waals surface area contributed by atoms with E-state index in [1.54, 1.807) is 11.0 Å². The molecule has 1 aromatic heterocycles. The summed E-state index contributed by atoms with van der Waals surface area (Å²) in [6, 6.07) is -0.483. The molecule has 1 fully saturated rings. The summed E-state index contributed by atoms with van der Waals surface area (Å²) in [5.74, 6) is 0. The number of amides is 1. The van der Waals surface area contributed by atoms with Crippen LogP contribution < -0.4 is 5.73 Å². The summed E-state index contributed by atoms with van der Waals surface area (Å²) in [5.41, 5.74) is 7.16. The molecule has 3 N–H and O–H groups in total. The van der Waals surface area contributed by atoms with Gasteiger partial charge in [0, 0.05) is 6.54 Å². The summed E-state index contributed by atoms with van der Waals surface area (Å²) in [6.07, 6.45) is 4.01. The number of ether oxygens (including phenoxy) is 1. The lowest BCUT2D eigenvalue weighted by Gasteiger charge is -2.37. The second-order valence-electron chi connectivity index (χ2n) is 5.37. The summed E-state index contributed by atoms with van der Waals surface area (Å²) in [6.45, 7) is 6.21. The van der Waals surface area contributed by atoms with Crippen molar-refractivity contribution in [1.29, 1.82) is 0 Å². The van der Waals surface area contributed by atoms with Crippen LogP contribution in [0, 0.1) is 6.92 Å². The van der Waals surface area contributed by atoms with Gasteiger partial charge in [-0.25, -0.2) is 9.78 Å². The van der Waals surface area contributed by atoms with Crippen molar-refractivity contribution in [1.82, 2.24) is 9.88 Å². The van der Waals surface area contributed by atoms with E-state index in [0.29, 0.717) is 6.54 Å². The Morgan fingerprint density at radius 1 is 1.68 bits per heavy atom. The lowest BCUT2D eigenvalue weighted by molar-refractivity contribution is 0.0731. The van der Waals surface area contributed by atoms with Crippen molar-refractivity contribution in [3.05, 3.63) is 28.2 Å². The highest BCUT2D eigenvalue weighted by atomic mass is 32.1. The Balaban J connectivity index is 2.14. The monoisotopic (exact) mass is 325 g/mol. The van der Waals surface area contributed by atoms with Crippen LogP contribution in [0.25, 0.3) is 0 Å². The van der Waals surface area contributed by atoms with E-state index >= 15 is 0 Å². The molecule has 22 heavy (non-hydrogen) atoms. The highest BCUT2D eigenvalue weighted by Gasteiger charge is 2.34. The maximum atomic E-state index is 12.2. The maximum Gasteiger partial charge on any atom is 0.410 e. The van der Waals surface area contributed by atoms with Gasteiger partial charge >= 0.3 is 6.09 Å². The topological polar surface area (TPSA) is 88.7 Å². The number of aliphatic hydroxyl groups excluding tert-OH is 1. The molecule has 7 heteroatoms. The van der Waals surface area contributed by atoms with Crippen LogP contribution in [0.3, 0.4) is 0 Å². The number of thiazole rings is 1. The van der Waals surface area contributed by atoms with Crippen molar-refractivity contribution in [3.63, 3.8) is 0 Å². The second-order valence-corrected chi connectivity index (χ2v) is 6.48. The number of nitrogens with two attached hydrogens (primary N) is 1. The Morgan fingerprint density at radius 3 is 3.09 bits per heavy atom. The fraction of sp³-hybridized carbons (Fsp3) is 0.600. The Bertz CT molecular complexity index is 532. The number of carbonyl (C=O) groups is 1. The van der Waals surface area contributed by atoms with Crippen LogP contribution in [-0.2, 0) is 11.3 Å². The Kier molecular flexibility index (Phi) is 5.93. The van der Waals surface area contributed by atoms with Gasteiger partial charge in [-0.1, -0.05) is 12.7 Å². The summed E-state index contributed by atoms with van der Waals surface area (Å²) in [5, 5.41) is 10.1. The fourth-order valence-electron chi connectivity index (χ4n) is 2.67. The van der Waals surface area contributed by atoms with E-state index in [1.807, 2.05) is 6.92 Å². The van der Waals surface area contributed by atoms with E-state index in [-0.39, 0.29) is 31.4 Å². The zero-order chi connectivity index (χ0) is 16.1. The van der Waals surface area contributed by atoms with Gasteiger partial charge < -0.3 is 20.5 Å². The lowest BCUT2D eigenvalue weighted by Crippen LogP contribution is -2.49. The molecule has 2 heterocycles. The average Bonchev–Trinajstić information content (AvgIpc) is 2.92. The minimum atomic E-state index is -0.361. The quantitative estimate of drug-likeness (QED) is 0.810. The first-order valence-electron chi connectivity index (χ1n) is 7.45. The molecule has 0 spiro atoms. The van der Waals surface area contributed by atoms with Crippen LogP contribution in [0.15, 0.2) is 12.7 Å². The van der Waals surface area contributed by atoms with Crippen molar-refractivity contribution in [2.75, 3.05) is 13.2 Å². The molecule has 122 valence electrons. The third kappa shape index (κ3) is 3.66. The number of aromatic nitrogens is 1. The second kappa shape index (κ2) is 7.71. The van der Waals surface area contributed by atoms with Crippen molar-refractivity contribution in [2.24, 2.45) is 5.73 Å². The first-order valence-corrected chi connectivity index (χ1v) is 8.27. The predicted molar refractivity (Wildman–Crippen MR) is 85.6 cm³/mol. The smallest absolute Gasteiger partial charge is 0.410 e. The van der Waals surface area contributed by atoms with E-state index in [2.05, 4.69) is 11.6 Å². The minimum absolute atomic E-state index is 0.0357. The Labute approximate surface area is 134 Å². The molecule has 0 bridgehead atoms. The number of aryl methyl sites for hydroxylation is 1. The van der Waals surface area contributed by atoms with E-state index in [9.17, 15) is 9.90 Å². The van der Waals surface area contributed by atoms with Gasteiger partial charge in [-0.05, 0) is 26.2 Å². The maximum absolute atomic E-state index is 12.2.